The summed E-state index contributed by atoms with van der Waals surface area (Å²) in [5, 5.41) is 0. The van der Waals surface area contributed by atoms with Crippen molar-refractivity contribution in [2.75, 3.05) is 0 Å². The van der Waals surface area contributed by atoms with Crippen LogP contribution in [-0.2, 0) is 12.8 Å². The van der Waals surface area contributed by atoms with E-state index in [2.05, 4.69) is 61.1 Å². The highest BCUT2D eigenvalue weighted by Gasteiger charge is 2.09. The number of hydrogen-bond donors (Lipinski definition) is 0. The largest absolute Gasteiger partial charge is 0.261 e. The highest BCUT2D eigenvalue weighted by atomic mass is 14.7. The Morgan fingerprint density at radius 1 is 0.652 bits per heavy atom. The summed E-state index contributed by atoms with van der Waals surface area (Å²) in [6.45, 7) is 6.37. The van der Waals surface area contributed by atoms with Gasteiger partial charge in [-0.15, -0.1) is 0 Å². The van der Waals surface area contributed by atoms with Gasteiger partial charge in [-0.2, -0.15) is 0 Å². The number of aromatic nitrogens is 2. The van der Waals surface area contributed by atoms with E-state index in [1.54, 1.807) is 0 Å². The number of rotatable bonds is 4. The molecule has 0 saturated carbocycles. The topological polar surface area (TPSA) is 25.8 Å². The normalized spacial score (nSPS) is 10.7. The van der Waals surface area contributed by atoms with Crippen molar-refractivity contribution in [1.29, 1.82) is 0 Å². The summed E-state index contributed by atoms with van der Waals surface area (Å²) >= 11 is 0. The Morgan fingerprint density at radius 3 is 2.00 bits per heavy atom. The lowest BCUT2D eigenvalue weighted by atomic mass is 9.92. The Kier molecular flexibility index (Phi) is 4.52. The van der Waals surface area contributed by atoms with Crippen LogP contribution in [0, 0.1) is 20.8 Å². The second kappa shape index (κ2) is 6.74. The quantitative estimate of drug-likeness (QED) is 0.688. The van der Waals surface area contributed by atoms with Crippen molar-refractivity contribution >= 4 is 0 Å². The van der Waals surface area contributed by atoms with E-state index in [1.165, 1.54) is 27.8 Å². The van der Waals surface area contributed by atoms with Crippen LogP contribution in [0.3, 0.4) is 0 Å². The molecular formula is C21H22N2. The molecule has 2 heterocycles. The third-order valence-corrected chi connectivity index (χ3v) is 4.52. The van der Waals surface area contributed by atoms with Gasteiger partial charge in [0.2, 0.25) is 0 Å². The van der Waals surface area contributed by atoms with Gasteiger partial charge in [0.25, 0.3) is 0 Å². The molecule has 2 aromatic heterocycles. The first kappa shape index (κ1) is 15.4. The average Bonchev–Trinajstić information content (AvgIpc) is 2.56. The smallest absolute Gasteiger partial charge is 0.0451 e. The first-order chi connectivity index (χ1) is 11.2. The summed E-state index contributed by atoms with van der Waals surface area (Å²) in [5.41, 5.74) is 8.80. The van der Waals surface area contributed by atoms with Gasteiger partial charge in [0.15, 0.2) is 0 Å². The number of pyridine rings is 2. The van der Waals surface area contributed by atoms with E-state index < -0.39 is 0 Å². The van der Waals surface area contributed by atoms with Crippen molar-refractivity contribution in [3.8, 4) is 11.1 Å². The molecule has 0 atom stereocenters. The minimum atomic E-state index is 1.02. The van der Waals surface area contributed by atoms with E-state index in [0.717, 1.165) is 24.2 Å². The second-order valence-corrected chi connectivity index (χ2v) is 5.97. The molecule has 0 N–H and O–H groups in total. The van der Waals surface area contributed by atoms with E-state index in [4.69, 9.17) is 0 Å². The molecule has 3 rings (SSSR count). The lowest BCUT2D eigenvalue weighted by molar-refractivity contribution is 0.923. The van der Waals surface area contributed by atoms with E-state index in [1.807, 2.05) is 24.5 Å². The zero-order valence-electron chi connectivity index (χ0n) is 14.0. The third-order valence-electron chi connectivity index (χ3n) is 4.52. The fourth-order valence-corrected chi connectivity index (χ4v) is 3.07. The van der Waals surface area contributed by atoms with E-state index in [-0.39, 0.29) is 0 Å². The van der Waals surface area contributed by atoms with Crippen molar-refractivity contribution in [3.63, 3.8) is 0 Å². The molecule has 2 heteroatoms. The minimum absolute atomic E-state index is 1.02. The predicted molar refractivity (Wildman–Crippen MR) is 95.5 cm³/mol. The van der Waals surface area contributed by atoms with Crippen LogP contribution in [-0.4, -0.2) is 9.97 Å². The highest BCUT2D eigenvalue weighted by molar-refractivity contribution is 5.70. The number of nitrogens with zero attached hydrogens (tertiary/aromatic N) is 2. The van der Waals surface area contributed by atoms with Gasteiger partial charge in [0.1, 0.15) is 0 Å². The number of hydrogen-bond acceptors (Lipinski definition) is 2. The zero-order chi connectivity index (χ0) is 16.2. The molecule has 0 spiro atoms. The van der Waals surface area contributed by atoms with E-state index >= 15 is 0 Å². The van der Waals surface area contributed by atoms with Crippen molar-refractivity contribution in [2.24, 2.45) is 0 Å². The van der Waals surface area contributed by atoms with Crippen molar-refractivity contribution < 1.29 is 0 Å². The van der Waals surface area contributed by atoms with Crippen LogP contribution in [0.1, 0.15) is 28.1 Å². The average molecular weight is 302 g/mol. The van der Waals surface area contributed by atoms with Crippen LogP contribution in [0.5, 0.6) is 0 Å². The standard InChI is InChI=1S/C21H22N2/c1-15-18(11-12-19-8-5-13-22-16(19)2)7-4-9-20(15)21-10-6-14-23-17(21)3/h4-10,13-14H,11-12H2,1-3H3. The Morgan fingerprint density at radius 2 is 1.26 bits per heavy atom. The van der Waals surface area contributed by atoms with Gasteiger partial charge in [0, 0.05) is 29.3 Å². The van der Waals surface area contributed by atoms with Crippen molar-refractivity contribution in [3.05, 3.63) is 82.9 Å². The maximum Gasteiger partial charge on any atom is 0.0451 e. The highest BCUT2D eigenvalue weighted by Crippen LogP contribution is 2.28. The fourth-order valence-electron chi connectivity index (χ4n) is 3.07. The Hall–Kier alpha value is -2.48. The predicted octanol–water partition coefficient (Wildman–Crippen LogP) is 4.85. The lowest BCUT2D eigenvalue weighted by Crippen LogP contribution is -1.99. The summed E-state index contributed by atoms with van der Waals surface area (Å²) in [6, 6.07) is 14.9. The maximum atomic E-state index is 4.42. The van der Waals surface area contributed by atoms with Crippen molar-refractivity contribution in [1.82, 2.24) is 9.97 Å². The molecule has 0 amide bonds. The Labute approximate surface area is 138 Å². The monoisotopic (exact) mass is 302 g/mol. The fraction of sp³-hybridized carbons (Fsp3) is 0.238. The summed E-state index contributed by atoms with van der Waals surface area (Å²) in [7, 11) is 0. The molecule has 23 heavy (non-hydrogen) atoms. The minimum Gasteiger partial charge on any atom is -0.261 e. The first-order valence-electron chi connectivity index (χ1n) is 8.08. The van der Waals surface area contributed by atoms with Gasteiger partial charge < -0.3 is 0 Å². The summed E-state index contributed by atoms with van der Waals surface area (Å²) in [6.07, 6.45) is 5.76. The molecule has 0 aliphatic rings. The molecule has 0 fully saturated rings. The van der Waals surface area contributed by atoms with Gasteiger partial charge in [0.05, 0.1) is 0 Å². The van der Waals surface area contributed by atoms with Crippen LogP contribution in [0.15, 0.2) is 54.9 Å². The molecule has 0 aliphatic carbocycles. The Bertz CT molecular complexity index is 822. The summed E-state index contributed by atoms with van der Waals surface area (Å²) in [4.78, 5) is 8.81. The van der Waals surface area contributed by atoms with E-state index in [0.29, 0.717) is 0 Å². The SMILES string of the molecule is Cc1ncccc1CCc1cccc(-c2cccnc2C)c1C. The molecule has 0 saturated heterocycles. The zero-order valence-corrected chi connectivity index (χ0v) is 14.0. The van der Waals surface area contributed by atoms with E-state index in [9.17, 15) is 0 Å². The molecule has 0 bridgehead atoms. The van der Waals surface area contributed by atoms with Gasteiger partial charge in [-0.1, -0.05) is 30.3 Å². The van der Waals surface area contributed by atoms with Gasteiger partial charge in [-0.25, -0.2) is 0 Å². The third kappa shape index (κ3) is 3.31. The molecule has 0 aliphatic heterocycles. The van der Waals surface area contributed by atoms with Gasteiger partial charge in [-0.3, -0.25) is 9.97 Å². The molecule has 0 radical (unpaired) electrons. The van der Waals surface area contributed by atoms with Crippen LogP contribution in [0.25, 0.3) is 11.1 Å². The van der Waals surface area contributed by atoms with Crippen LogP contribution in [0.4, 0.5) is 0 Å². The Balaban J connectivity index is 1.89. The molecule has 0 unspecified atom stereocenters. The van der Waals surface area contributed by atoms with Gasteiger partial charge in [-0.05, 0) is 68.0 Å². The van der Waals surface area contributed by atoms with Crippen molar-refractivity contribution in [2.45, 2.75) is 33.6 Å². The maximum absolute atomic E-state index is 4.42. The van der Waals surface area contributed by atoms with Crippen LogP contribution in [0.2, 0.25) is 0 Å². The summed E-state index contributed by atoms with van der Waals surface area (Å²) in [5.74, 6) is 0. The molecule has 116 valence electrons. The van der Waals surface area contributed by atoms with Crippen LogP contribution < -0.4 is 0 Å². The number of benzene rings is 1. The molecule has 2 nitrogen and oxygen atoms in total. The molecule has 3 aromatic rings. The summed E-state index contributed by atoms with van der Waals surface area (Å²) < 4.78 is 0. The van der Waals surface area contributed by atoms with Gasteiger partial charge >= 0.3 is 0 Å². The number of aryl methyl sites for hydroxylation is 4. The molecular weight excluding hydrogens is 280 g/mol. The second-order valence-electron chi connectivity index (χ2n) is 5.97. The molecule has 1 aromatic carbocycles. The van der Waals surface area contributed by atoms with Crippen LogP contribution >= 0.6 is 0 Å². The first-order valence-corrected chi connectivity index (χ1v) is 8.08. The lowest BCUT2D eigenvalue weighted by Gasteiger charge is -2.13.